The van der Waals surface area contributed by atoms with Gasteiger partial charge in [0.05, 0.1) is 10.7 Å². The Morgan fingerprint density at radius 2 is 2.04 bits per heavy atom. The highest BCUT2D eigenvalue weighted by Gasteiger charge is 2.21. The number of rotatable bonds is 4. The van der Waals surface area contributed by atoms with Crippen molar-refractivity contribution in [1.29, 1.82) is 0 Å². The molecule has 1 aliphatic rings. The predicted molar refractivity (Wildman–Crippen MR) is 105 cm³/mol. The van der Waals surface area contributed by atoms with Crippen molar-refractivity contribution in [3.63, 3.8) is 0 Å². The van der Waals surface area contributed by atoms with Gasteiger partial charge in [-0.3, -0.25) is 9.10 Å². The van der Waals surface area contributed by atoms with Crippen molar-refractivity contribution in [3.8, 4) is 0 Å². The first-order valence-corrected chi connectivity index (χ1v) is 9.70. The zero-order valence-electron chi connectivity index (χ0n) is 14.1. The van der Waals surface area contributed by atoms with Crippen LogP contribution in [0.5, 0.6) is 0 Å². The molecule has 0 aliphatic carbocycles. The van der Waals surface area contributed by atoms with E-state index in [0.29, 0.717) is 22.0 Å². The summed E-state index contributed by atoms with van der Waals surface area (Å²) in [5.74, 6) is 0.516. The fourth-order valence-corrected chi connectivity index (χ4v) is 4.33. The van der Waals surface area contributed by atoms with E-state index in [1.165, 1.54) is 0 Å². The van der Waals surface area contributed by atoms with Crippen LogP contribution in [0, 0.1) is 6.92 Å². The second kappa shape index (κ2) is 7.45. The van der Waals surface area contributed by atoms with Gasteiger partial charge in [-0.05, 0) is 55.3 Å². The average Bonchev–Trinajstić information content (AvgIpc) is 3.02. The number of carbonyl (C=O) groups is 1. The van der Waals surface area contributed by atoms with Crippen molar-refractivity contribution in [2.75, 3.05) is 34.3 Å². The molecule has 2 N–H and O–H groups in total. The van der Waals surface area contributed by atoms with Crippen LogP contribution in [0.3, 0.4) is 0 Å². The van der Waals surface area contributed by atoms with Crippen LogP contribution < -0.4 is 14.9 Å². The lowest BCUT2D eigenvalue weighted by Gasteiger charge is -2.17. The van der Waals surface area contributed by atoms with Gasteiger partial charge in [0.1, 0.15) is 11.0 Å². The largest absolute Gasteiger partial charge is 0.387 e. The van der Waals surface area contributed by atoms with E-state index in [1.807, 2.05) is 23.4 Å². The first-order valence-electron chi connectivity index (χ1n) is 8.05. The Morgan fingerprint density at radius 3 is 2.68 bits per heavy atom. The number of nitrogens with one attached hydrogen (secondary N) is 2. The highest BCUT2D eigenvalue weighted by atomic mass is 35.5. The second-order valence-corrected chi connectivity index (χ2v) is 7.78. The maximum Gasteiger partial charge on any atom is 0.255 e. The van der Waals surface area contributed by atoms with E-state index < -0.39 is 11.0 Å². The van der Waals surface area contributed by atoms with Gasteiger partial charge in [-0.15, -0.1) is 0 Å². The Bertz CT molecular complexity index is 841. The smallest absolute Gasteiger partial charge is 0.255 e. The third-order valence-corrected chi connectivity index (χ3v) is 6.01. The van der Waals surface area contributed by atoms with Crippen molar-refractivity contribution in [3.05, 3.63) is 52.5 Å². The molecule has 1 amide bonds. The van der Waals surface area contributed by atoms with E-state index in [0.717, 1.165) is 29.9 Å². The zero-order chi connectivity index (χ0) is 18.0. The predicted octanol–water partition coefficient (Wildman–Crippen LogP) is 3.82. The molecule has 3 rings (SSSR count). The van der Waals surface area contributed by atoms with Crippen LogP contribution in [0.1, 0.15) is 22.3 Å². The highest BCUT2D eigenvalue weighted by Crippen LogP contribution is 2.27. The molecule has 1 aliphatic heterocycles. The standard InChI is InChI=1S/C18H20ClN3O2S/c1-12-10-14(22-8-3-9-25(22)24)5-6-15(12)18(23)21-13-4-7-16(19)17(11-13)20-2/h4-7,10-11,20H,3,8-9H2,1-2H3,(H,21,23). The molecule has 25 heavy (non-hydrogen) atoms. The van der Waals surface area contributed by atoms with E-state index >= 15 is 0 Å². The maximum atomic E-state index is 12.6. The van der Waals surface area contributed by atoms with Gasteiger partial charge in [0.2, 0.25) is 0 Å². The monoisotopic (exact) mass is 377 g/mol. The summed E-state index contributed by atoms with van der Waals surface area (Å²) in [6.45, 7) is 2.67. The van der Waals surface area contributed by atoms with Gasteiger partial charge < -0.3 is 10.6 Å². The molecule has 1 heterocycles. The molecule has 132 valence electrons. The second-order valence-electron chi connectivity index (χ2n) is 5.88. The molecule has 0 spiro atoms. The lowest BCUT2D eigenvalue weighted by molar-refractivity contribution is 0.102. The van der Waals surface area contributed by atoms with E-state index in [1.54, 1.807) is 31.3 Å². The van der Waals surface area contributed by atoms with Crippen LogP contribution in [0.15, 0.2) is 36.4 Å². The number of nitrogens with zero attached hydrogens (tertiary/aromatic N) is 1. The van der Waals surface area contributed by atoms with E-state index in [2.05, 4.69) is 10.6 Å². The maximum absolute atomic E-state index is 12.6. The molecule has 1 saturated heterocycles. The third kappa shape index (κ3) is 3.80. The Labute approximate surface area is 155 Å². The van der Waals surface area contributed by atoms with Gasteiger partial charge in [-0.2, -0.15) is 0 Å². The molecule has 1 atom stereocenters. The first-order chi connectivity index (χ1) is 12.0. The van der Waals surface area contributed by atoms with Gasteiger partial charge in [0.25, 0.3) is 5.91 Å². The van der Waals surface area contributed by atoms with Crippen LogP contribution in [-0.2, 0) is 11.0 Å². The molecule has 7 heteroatoms. The van der Waals surface area contributed by atoms with Crippen LogP contribution in [-0.4, -0.2) is 29.5 Å². The van der Waals surface area contributed by atoms with Gasteiger partial charge in [-0.1, -0.05) is 11.6 Å². The molecule has 2 aromatic carbocycles. The van der Waals surface area contributed by atoms with Gasteiger partial charge in [0.15, 0.2) is 0 Å². The van der Waals surface area contributed by atoms with Gasteiger partial charge in [0, 0.05) is 36.3 Å². The van der Waals surface area contributed by atoms with Crippen molar-refractivity contribution < 1.29 is 9.00 Å². The molecule has 0 saturated carbocycles. The Hall–Kier alpha value is -2.05. The Balaban J connectivity index is 1.79. The summed E-state index contributed by atoms with van der Waals surface area (Å²) in [6, 6.07) is 10.8. The minimum absolute atomic E-state index is 0.184. The summed E-state index contributed by atoms with van der Waals surface area (Å²) >= 11 is 6.06. The number of anilines is 3. The Kier molecular flexibility index (Phi) is 5.30. The summed E-state index contributed by atoms with van der Waals surface area (Å²) in [5, 5.41) is 6.47. The third-order valence-electron chi connectivity index (χ3n) is 4.16. The van der Waals surface area contributed by atoms with Crippen LogP contribution in [0.25, 0.3) is 0 Å². The normalized spacial score (nSPS) is 16.8. The molecule has 5 nitrogen and oxygen atoms in total. The quantitative estimate of drug-likeness (QED) is 0.851. The van der Waals surface area contributed by atoms with E-state index in [4.69, 9.17) is 11.6 Å². The number of halogens is 1. The van der Waals surface area contributed by atoms with Crippen LogP contribution in [0.4, 0.5) is 17.1 Å². The highest BCUT2D eigenvalue weighted by molar-refractivity contribution is 7.86. The molecule has 0 radical (unpaired) electrons. The molecule has 1 fully saturated rings. The fourth-order valence-electron chi connectivity index (χ4n) is 2.84. The fraction of sp³-hybridized carbons (Fsp3) is 0.278. The zero-order valence-corrected chi connectivity index (χ0v) is 15.7. The molecular formula is C18H20ClN3O2S. The van der Waals surface area contributed by atoms with Crippen molar-refractivity contribution >= 4 is 45.6 Å². The topological polar surface area (TPSA) is 61.4 Å². The summed E-state index contributed by atoms with van der Waals surface area (Å²) < 4.78 is 13.9. The number of hydrogen-bond acceptors (Lipinski definition) is 3. The van der Waals surface area contributed by atoms with Crippen LogP contribution in [0.2, 0.25) is 5.02 Å². The lowest BCUT2D eigenvalue weighted by Crippen LogP contribution is -2.20. The number of carbonyl (C=O) groups excluding carboxylic acids is 1. The molecule has 0 aromatic heterocycles. The summed E-state index contributed by atoms with van der Waals surface area (Å²) in [6.07, 6.45) is 0.929. The van der Waals surface area contributed by atoms with E-state index in [9.17, 15) is 9.00 Å². The average molecular weight is 378 g/mol. The lowest BCUT2D eigenvalue weighted by atomic mass is 10.1. The SMILES string of the molecule is CNc1cc(NC(=O)c2ccc(N3CCCS3=O)cc2C)ccc1Cl. The molecular weight excluding hydrogens is 358 g/mol. The molecule has 2 aromatic rings. The summed E-state index contributed by atoms with van der Waals surface area (Å²) in [5.41, 5.74) is 3.76. The van der Waals surface area contributed by atoms with Crippen molar-refractivity contribution in [2.45, 2.75) is 13.3 Å². The minimum atomic E-state index is -0.961. The van der Waals surface area contributed by atoms with Crippen molar-refractivity contribution in [2.24, 2.45) is 0 Å². The van der Waals surface area contributed by atoms with Crippen LogP contribution >= 0.6 is 11.6 Å². The number of aryl methyl sites for hydroxylation is 1. The minimum Gasteiger partial charge on any atom is -0.387 e. The number of amides is 1. The molecule has 0 bridgehead atoms. The number of benzene rings is 2. The number of hydrogen-bond donors (Lipinski definition) is 2. The van der Waals surface area contributed by atoms with Crippen molar-refractivity contribution in [1.82, 2.24) is 0 Å². The van der Waals surface area contributed by atoms with E-state index in [-0.39, 0.29) is 5.91 Å². The van der Waals surface area contributed by atoms with Gasteiger partial charge in [-0.25, -0.2) is 4.21 Å². The van der Waals surface area contributed by atoms with Gasteiger partial charge >= 0.3 is 0 Å². The Morgan fingerprint density at radius 1 is 1.24 bits per heavy atom. The first kappa shape index (κ1) is 17.8. The summed E-state index contributed by atoms with van der Waals surface area (Å²) in [4.78, 5) is 12.6. The molecule has 1 unspecified atom stereocenters. The summed E-state index contributed by atoms with van der Waals surface area (Å²) in [7, 11) is 0.814.